The van der Waals surface area contributed by atoms with Crippen LogP contribution in [0.4, 0.5) is 0 Å². The summed E-state index contributed by atoms with van der Waals surface area (Å²) >= 11 is 0. The van der Waals surface area contributed by atoms with Gasteiger partial charge in [0.1, 0.15) is 36.6 Å². The Kier molecular flexibility index (Phi) is 9.62. The summed E-state index contributed by atoms with van der Waals surface area (Å²) in [5, 5.41) is 21.7. The number of hydrogen-bond acceptors (Lipinski definition) is 6. The smallest absolute Gasteiger partial charge is 0.116 e. The Balaban J connectivity index is 1.86. The molecule has 1 saturated carbocycles. The second kappa shape index (κ2) is 12.6. The Bertz CT molecular complexity index is 742. The van der Waals surface area contributed by atoms with Crippen LogP contribution >= 0.6 is 0 Å². The summed E-state index contributed by atoms with van der Waals surface area (Å²) in [6.45, 7) is 8.34. The fourth-order valence-electron chi connectivity index (χ4n) is 3.81. The van der Waals surface area contributed by atoms with Crippen molar-refractivity contribution in [3.05, 3.63) is 97.1 Å². The third-order valence-corrected chi connectivity index (χ3v) is 5.38. The molecule has 6 atom stereocenters. The van der Waals surface area contributed by atoms with Crippen molar-refractivity contribution in [3.8, 4) is 0 Å². The summed E-state index contributed by atoms with van der Waals surface area (Å²) in [7, 11) is 0. The first kappa shape index (κ1) is 24.3. The summed E-state index contributed by atoms with van der Waals surface area (Å²) in [6.07, 6.45) is -2.28. The average Bonchev–Trinajstić information content (AvgIpc) is 2.83. The molecule has 0 bridgehead atoms. The topological polar surface area (TPSA) is 77.4 Å². The number of rotatable bonds is 12. The van der Waals surface area contributed by atoms with Crippen LogP contribution in [-0.2, 0) is 32.2 Å². The van der Waals surface area contributed by atoms with E-state index in [1.165, 1.54) is 0 Å². The maximum Gasteiger partial charge on any atom is 0.116 e. The number of aliphatic hydroxyl groups is 2. The molecule has 2 aromatic rings. The first-order chi connectivity index (χ1) is 15.7. The highest BCUT2D eigenvalue weighted by atomic mass is 16.6. The standard InChI is InChI=1S/C26H32O6/c1-3-15-29-23-21(27)22(28)24(30-16-4-2)26(32-18-20-13-9-6-10-14-20)25(23)31-17-19-11-7-5-8-12-19/h3-14,21-28H,1-2,15-18H2/t21-,22+,23-,24-,25-,26+/m1/s1. The minimum Gasteiger partial charge on any atom is -0.387 e. The Morgan fingerprint density at radius 1 is 0.594 bits per heavy atom. The lowest BCUT2D eigenvalue weighted by Gasteiger charge is -2.46. The van der Waals surface area contributed by atoms with Crippen LogP contribution in [0.5, 0.6) is 0 Å². The highest BCUT2D eigenvalue weighted by molar-refractivity contribution is 5.15. The third kappa shape index (κ3) is 6.36. The van der Waals surface area contributed by atoms with E-state index in [0.717, 1.165) is 11.1 Å². The van der Waals surface area contributed by atoms with Gasteiger partial charge in [-0.15, -0.1) is 13.2 Å². The molecule has 6 heteroatoms. The molecule has 1 aliphatic rings. The summed E-state index contributed by atoms with van der Waals surface area (Å²) in [6, 6.07) is 19.4. The largest absolute Gasteiger partial charge is 0.387 e. The number of aliphatic hydroxyl groups excluding tert-OH is 2. The molecule has 2 aromatic carbocycles. The predicted octanol–water partition coefficient (Wildman–Crippen LogP) is 3.04. The van der Waals surface area contributed by atoms with E-state index in [2.05, 4.69) is 13.2 Å². The fraction of sp³-hybridized carbons (Fsp3) is 0.385. The average molecular weight is 441 g/mol. The molecule has 0 aliphatic heterocycles. The van der Waals surface area contributed by atoms with Gasteiger partial charge in [0.15, 0.2) is 0 Å². The van der Waals surface area contributed by atoms with Gasteiger partial charge < -0.3 is 29.2 Å². The molecule has 1 aliphatic carbocycles. The molecule has 172 valence electrons. The Hall–Kier alpha value is -2.32. The lowest BCUT2D eigenvalue weighted by molar-refractivity contribution is -0.266. The Labute approximate surface area is 189 Å². The first-order valence-electron chi connectivity index (χ1n) is 10.8. The van der Waals surface area contributed by atoms with Crippen LogP contribution in [-0.4, -0.2) is 60.1 Å². The van der Waals surface area contributed by atoms with E-state index in [4.69, 9.17) is 18.9 Å². The summed E-state index contributed by atoms with van der Waals surface area (Å²) in [4.78, 5) is 0. The van der Waals surface area contributed by atoms with Gasteiger partial charge in [0.25, 0.3) is 0 Å². The molecule has 32 heavy (non-hydrogen) atoms. The molecule has 0 unspecified atom stereocenters. The molecule has 0 amide bonds. The van der Waals surface area contributed by atoms with E-state index >= 15 is 0 Å². The monoisotopic (exact) mass is 440 g/mol. The molecule has 1 fully saturated rings. The zero-order valence-electron chi connectivity index (χ0n) is 18.2. The lowest BCUT2D eigenvalue weighted by Crippen LogP contribution is -2.66. The van der Waals surface area contributed by atoms with Gasteiger partial charge in [-0.3, -0.25) is 0 Å². The highest BCUT2D eigenvalue weighted by Crippen LogP contribution is 2.31. The second-order valence-corrected chi connectivity index (χ2v) is 7.68. The van der Waals surface area contributed by atoms with Crippen LogP contribution in [0.25, 0.3) is 0 Å². The van der Waals surface area contributed by atoms with Crippen molar-refractivity contribution in [3.63, 3.8) is 0 Å². The van der Waals surface area contributed by atoms with Gasteiger partial charge in [0, 0.05) is 0 Å². The van der Waals surface area contributed by atoms with Crippen LogP contribution < -0.4 is 0 Å². The molecule has 6 nitrogen and oxygen atoms in total. The van der Waals surface area contributed by atoms with Crippen molar-refractivity contribution in [2.24, 2.45) is 0 Å². The van der Waals surface area contributed by atoms with E-state index in [9.17, 15) is 10.2 Å². The van der Waals surface area contributed by atoms with Crippen molar-refractivity contribution in [2.45, 2.75) is 49.8 Å². The lowest BCUT2D eigenvalue weighted by atomic mass is 9.84. The predicted molar refractivity (Wildman–Crippen MR) is 122 cm³/mol. The van der Waals surface area contributed by atoms with Gasteiger partial charge in [-0.1, -0.05) is 72.8 Å². The minimum atomic E-state index is -1.22. The fourth-order valence-corrected chi connectivity index (χ4v) is 3.81. The van der Waals surface area contributed by atoms with E-state index < -0.39 is 36.6 Å². The molecule has 0 aromatic heterocycles. The van der Waals surface area contributed by atoms with Gasteiger partial charge in [0.2, 0.25) is 0 Å². The van der Waals surface area contributed by atoms with E-state index in [1.807, 2.05) is 60.7 Å². The Morgan fingerprint density at radius 3 is 1.31 bits per heavy atom. The van der Waals surface area contributed by atoms with Gasteiger partial charge >= 0.3 is 0 Å². The van der Waals surface area contributed by atoms with Crippen molar-refractivity contribution >= 4 is 0 Å². The van der Waals surface area contributed by atoms with Gasteiger partial charge in [-0.2, -0.15) is 0 Å². The van der Waals surface area contributed by atoms with E-state index in [0.29, 0.717) is 13.2 Å². The Morgan fingerprint density at radius 2 is 0.969 bits per heavy atom. The molecule has 3 rings (SSSR count). The summed E-state index contributed by atoms with van der Waals surface area (Å²) in [5.41, 5.74) is 1.95. The van der Waals surface area contributed by atoms with Crippen LogP contribution in [0.1, 0.15) is 11.1 Å². The minimum absolute atomic E-state index is 0.198. The van der Waals surface area contributed by atoms with Crippen molar-refractivity contribution in [1.82, 2.24) is 0 Å². The van der Waals surface area contributed by atoms with Crippen molar-refractivity contribution < 1.29 is 29.2 Å². The van der Waals surface area contributed by atoms with Crippen molar-refractivity contribution in [2.75, 3.05) is 13.2 Å². The quantitative estimate of drug-likeness (QED) is 0.494. The molecule has 0 radical (unpaired) electrons. The molecule has 0 heterocycles. The van der Waals surface area contributed by atoms with Crippen LogP contribution in [0.2, 0.25) is 0 Å². The van der Waals surface area contributed by atoms with Gasteiger partial charge in [-0.25, -0.2) is 0 Å². The normalized spacial score (nSPS) is 27.7. The van der Waals surface area contributed by atoms with E-state index in [-0.39, 0.29) is 13.2 Å². The molecular formula is C26H32O6. The summed E-state index contributed by atoms with van der Waals surface area (Å²) < 4.78 is 24.2. The van der Waals surface area contributed by atoms with Crippen LogP contribution in [0.15, 0.2) is 86.0 Å². The van der Waals surface area contributed by atoms with E-state index in [1.54, 1.807) is 12.2 Å². The maximum absolute atomic E-state index is 10.9. The highest BCUT2D eigenvalue weighted by Gasteiger charge is 2.52. The molecule has 2 N–H and O–H groups in total. The molecular weight excluding hydrogens is 408 g/mol. The SMILES string of the molecule is C=CCO[C@@H]1[C@@H](O)[C@@H](O)[C@@H](OCC=C)[C@@H](OCc2ccccc2)[C@H]1OCc1ccccc1. The molecule has 0 saturated heterocycles. The third-order valence-electron chi connectivity index (χ3n) is 5.38. The van der Waals surface area contributed by atoms with Gasteiger partial charge in [-0.05, 0) is 11.1 Å². The number of hydrogen-bond donors (Lipinski definition) is 2. The number of ether oxygens (including phenoxy) is 4. The van der Waals surface area contributed by atoms with Gasteiger partial charge in [0.05, 0.1) is 26.4 Å². The molecule has 0 spiro atoms. The van der Waals surface area contributed by atoms with Crippen LogP contribution in [0, 0.1) is 0 Å². The number of benzene rings is 2. The zero-order valence-corrected chi connectivity index (χ0v) is 18.2. The summed E-state index contributed by atoms with van der Waals surface area (Å²) in [5.74, 6) is 0. The van der Waals surface area contributed by atoms with Crippen molar-refractivity contribution in [1.29, 1.82) is 0 Å². The van der Waals surface area contributed by atoms with Crippen LogP contribution in [0.3, 0.4) is 0 Å². The maximum atomic E-state index is 10.9. The zero-order chi connectivity index (χ0) is 22.8. The second-order valence-electron chi connectivity index (χ2n) is 7.68. The first-order valence-corrected chi connectivity index (χ1v) is 10.8.